The van der Waals surface area contributed by atoms with E-state index in [0.717, 1.165) is 19.5 Å². The van der Waals surface area contributed by atoms with Crippen LogP contribution in [0.5, 0.6) is 0 Å². The average Bonchev–Trinajstić information content (AvgIpc) is 3.25. The van der Waals surface area contributed by atoms with E-state index in [1.165, 1.54) is 18.4 Å². The van der Waals surface area contributed by atoms with Crippen LogP contribution in [0.1, 0.15) is 39.2 Å². The number of benzene rings is 1. The Hall–Kier alpha value is -0.910. The molecule has 0 amide bonds. The van der Waals surface area contributed by atoms with Crippen LogP contribution in [0.2, 0.25) is 0 Å². The van der Waals surface area contributed by atoms with Crippen LogP contribution in [-0.4, -0.2) is 38.5 Å². The summed E-state index contributed by atoms with van der Waals surface area (Å²) < 4.78 is 28.2. The van der Waals surface area contributed by atoms with Crippen molar-refractivity contribution in [1.82, 2.24) is 9.62 Å². The van der Waals surface area contributed by atoms with Crippen molar-refractivity contribution in [2.45, 2.75) is 57.0 Å². The summed E-state index contributed by atoms with van der Waals surface area (Å²) >= 11 is 0. The van der Waals surface area contributed by atoms with Gasteiger partial charge in [-0.15, -0.1) is 0 Å². The first-order valence-corrected chi connectivity index (χ1v) is 10.2. The first-order chi connectivity index (χ1) is 10.8. The maximum Gasteiger partial charge on any atom is 0.240 e. The molecule has 4 nitrogen and oxygen atoms in total. The van der Waals surface area contributed by atoms with E-state index in [0.29, 0.717) is 22.8 Å². The number of sulfonamides is 1. The lowest BCUT2D eigenvalue weighted by Crippen LogP contribution is -2.40. The minimum Gasteiger partial charge on any atom is -0.298 e. The fourth-order valence-corrected chi connectivity index (χ4v) is 4.77. The SMILES string of the molecule is CC(C)Cc1ccc(S(=O)(=O)NC2CN(C3CC3)CC2C)cc1. The molecular weight excluding hydrogens is 308 g/mol. The van der Waals surface area contributed by atoms with Crippen LogP contribution in [0.25, 0.3) is 0 Å². The third-order valence-corrected chi connectivity index (χ3v) is 6.39. The van der Waals surface area contributed by atoms with Crippen LogP contribution in [0.15, 0.2) is 29.2 Å². The lowest BCUT2D eigenvalue weighted by atomic mass is 10.0. The van der Waals surface area contributed by atoms with Gasteiger partial charge in [0.2, 0.25) is 10.0 Å². The Kier molecular flexibility index (Phi) is 4.81. The van der Waals surface area contributed by atoms with Gasteiger partial charge in [-0.2, -0.15) is 0 Å². The van der Waals surface area contributed by atoms with Gasteiger partial charge in [-0.25, -0.2) is 13.1 Å². The number of nitrogens with one attached hydrogen (secondary N) is 1. The van der Waals surface area contributed by atoms with E-state index >= 15 is 0 Å². The second-order valence-corrected chi connectivity index (χ2v) is 9.35. The topological polar surface area (TPSA) is 49.4 Å². The van der Waals surface area contributed by atoms with Crippen molar-refractivity contribution in [2.24, 2.45) is 11.8 Å². The van der Waals surface area contributed by atoms with E-state index < -0.39 is 10.0 Å². The normalized spacial score (nSPS) is 26.1. The first-order valence-electron chi connectivity index (χ1n) is 8.70. The smallest absolute Gasteiger partial charge is 0.240 e. The Morgan fingerprint density at radius 3 is 2.39 bits per heavy atom. The number of likely N-dealkylation sites (tertiary alicyclic amines) is 1. The first kappa shape index (κ1) is 16.9. The van der Waals surface area contributed by atoms with Gasteiger partial charge >= 0.3 is 0 Å². The zero-order valence-electron chi connectivity index (χ0n) is 14.3. The standard InChI is InChI=1S/C18H28N2O2S/c1-13(2)10-15-4-8-17(9-5-15)23(21,22)19-18-12-20(11-14(18)3)16-6-7-16/h4-5,8-9,13-14,16,18-19H,6-7,10-12H2,1-3H3. The monoisotopic (exact) mass is 336 g/mol. The maximum atomic E-state index is 12.6. The molecule has 2 fully saturated rings. The van der Waals surface area contributed by atoms with Crippen molar-refractivity contribution in [2.75, 3.05) is 13.1 Å². The van der Waals surface area contributed by atoms with Crippen molar-refractivity contribution >= 4 is 10.0 Å². The quantitative estimate of drug-likeness (QED) is 0.869. The van der Waals surface area contributed by atoms with Crippen molar-refractivity contribution in [1.29, 1.82) is 0 Å². The fourth-order valence-electron chi connectivity index (χ4n) is 3.44. The van der Waals surface area contributed by atoms with E-state index in [1.54, 1.807) is 12.1 Å². The lowest BCUT2D eigenvalue weighted by Gasteiger charge is -2.17. The molecule has 2 atom stereocenters. The molecule has 1 heterocycles. The Balaban J connectivity index is 1.66. The second-order valence-electron chi connectivity index (χ2n) is 7.63. The van der Waals surface area contributed by atoms with Crippen LogP contribution in [0, 0.1) is 11.8 Å². The van der Waals surface area contributed by atoms with Gasteiger partial charge in [0.1, 0.15) is 0 Å². The van der Waals surface area contributed by atoms with Crippen molar-refractivity contribution in [3.8, 4) is 0 Å². The Bertz CT molecular complexity index is 635. The highest BCUT2D eigenvalue weighted by Gasteiger charge is 2.39. The van der Waals surface area contributed by atoms with Crippen LogP contribution in [0.3, 0.4) is 0 Å². The Morgan fingerprint density at radius 1 is 1.17 bits per heavy atom. The molecule has 1 aromatic carbocycles. The summed E-state index contributed by atoms with van der Waals surface area (Å²) in [7, 11) is -3.43. The van der Waals surface area contributed by atoms with Crippen molar-refractivity contribution in [3.05, 3.63) is 29.8 Å². The third kappa shape index (κ3) is 4.14. The largest absolute Gasteiger partial charge is 0.298 e. The number of hydrogen-bond acceptors (Lipinski definition) is 3. The zero-order chi connectivity index (χ0) is 16.6. The number of rotatable bonds is 6. The molecule has 0 spiro atoms. The predicted molar refractivity (Wildman–Crippen MR) is 92.9 cm³/mol. The summed E-state index contributed by atoms with van der Waals surface area (Å²) in [6, 6.07) is 8.06. The molecule has 2 aliphatic rings. The third-order valence-electron chi connectivity index (χ3n) is 4.89. The summed E-state index contributed by atoms with van der Waals surface area (Å²) in [5, 5.41) is 0. The van der Waals surface area contributed by atoms with Gasteiger partial charge in [0.25, 0.3) is 0 Å². The molecule has 2 unspecified atom stereocenters. The van der Waals surface area contributed by atoms with E-state index in [1.807, 2.05) is 12.1 Å². The fraction of sp³-hybridized carbons (Fsp3) is 0.667. The zero-order valence-corrected chi connectivity index (χ0v) is 15.1. The Labute approximate surface area is 140 Å². The molecule has 0 radical (unpaired) electrons. The maximum absolute atomic E-state index is 12.6. The summed E-state index contributed by atoms with van der Waals surface area (Å²) in [6.45, 7) is 8.32. The molecule has 0 aromatic heterocycles. The van der Waals surface area contributed by atoms with Crippen molar-refractivity contribution in [3.63, 3.8) is 0 Å². The van der Waals surface area contributed by atoms with Crippen LogP contribution >= 0.6 is 0 Å². The lowest BCUT2D eigenvalue weighted by molar-refractivity contribution is 0.315. The molecule has 1 N–H and O–H groups in total. The average molecular weight is 337 g/mol. The Morgan fingerprint density at radius 2 is 1.83 bits per heavy atom. The van der Waals surface area contributed by atoms with Crippen molar-refractivity contribution < 1.29 is 8.42 Å². The molecule has 1 saturated carbocycles. The summed E-state index contributed by atoms with van der Waals surface area (Å²) in [5.74, 6) is 0.939. The summed E-state index contributed by atoms with van der Waals surface area (Å²) in [5.41, 5.74) is 1.19. The highest BCUT2D eigenvalue weighted by atomic mass is 32.2. The molecule has 1 saturated heterocycles. The number of hydrogen-bond donors (Lipinski definition) is 1. The van der Waals surface area contributed by atoms with Gasteiger partial charge < -0.3 is 0 Å². The minimum absolute atomic E-state index is 0.0240. The van der Waals surface area contributed by atoms with Gasteiger partial charge in [-0.3, -0.25) is 4.90 Å². The molecular formula is C18H28N2O2S. The molecule has 3 rings (SSSR count). The molecule has 1 aliphatic heterocycles. The molecule has 5 heteroatoms. The van der Waals surface area contributed by atoms with Gasteiger partial charge in [0, 0.05) is 25.2 Å². The molecule has 1 aliphatic carbocycles. The molecule has 0 bridgehead atoms. The van der Waals surface area contributed by atoms with Crippen LogP contribution < -0.4 is 4.72 Å². The van der Waals surface area contributed by atoms with Gasteiger partial charge in [0.05, 0.1) is 4.90 Å². The van der Waals surface area contributed by atoms with E-state index in [2.05, 4.69) is 30.4 Å². The van der Waals surface area contributed by atoms with Crippen LogP contribution in [0.4, 0.5) is 0 Å². The van der Waals surface area contributed by atoms with E-state index in [-0.39, 0.29) is 6.04 Å². The predicted octanol–water partition coefficient (Wildman–Crippen LogP) is 2.65. The summed E-state index contributed by atoms with van der Waals surface area (Å²) in [6.07, 6.45) is 3.51. The highest BCUT2D eigenvalue weighted by molar-refractivity contribution is 7.89. The molecule has 1 aromatic rings. The molecule has 23 heavy (non-hydrogen) atoms. The minimum atomic E-state index is -3.43. The van der Waals surface area contributed by atoms with Crippen LogP contribution in [-0.2, 0) is 16.4 Å². The number of nitrogens with zero attached hydrogens (tertiary/aromatic N) is 1. The van der Waals surface area contributed by atoms with E-state index in [4.69, 9.17) is 0 Å². The highest BCUT2D eigenvalue weighted by Crippen LogP contribution is 2.32. The van der Waals surface area contributed by atoms with Gasteiger partial charge in [-0.05, 0) is 48.8 Å². The van der Waals surface area contributed by atoms with E-state index in [9.17, 15) is 8.42 Å². The molecule has 128 valence electrons. The summed E-state index contributed by atoms with van der Waals surface area (Å²) in [4.78, 5) is 2.81. The second kappa shape index (κ2) is 6.54. The van der Waals surface area contributed by atoms with Gasteiger partial charge in [-0.1, -0.05) is 32.9 Å². The van der Waals surface area contributed by atoms with Gasteiger partial charge in [0.15, 0.2) is 0 Å².